The highest BCUT2D eigenvalue weighted by molar-refractivity contribution is 7.89. The summed E-state index contributed by atoms with van der Waals surface area (Å²) in [5.74, 6) is 0.0772. The predicted octanol–water partition coefficient (Wildman–Crippen LogP) is 2.90. The molecule has 23 heavy (non-hydrogen) atoms. The maximum absolute atomic E-state index is 12.8. The van der Waals surface area contributed by atoms with Crippen molar-refractivity contribution in [3.63, 3.8) is 0 Å². The number of sulfonamides is 1. The second-order valence-corrected chi connectivity index (χ2v) is 7.59. The SMILES string of the molecule is CC1CN(S(=O)(=O)c2cccc([N+](=O)[O-])c2)Cc2ccccc21. The normalized spacial score (nSPS) is 18.4. The molecule has 1 aliphatic heterocycles. The molecule has 1 heterocycles. The van der Waals surface area contributed by atoms with Crippen molar-refractivity contribution in [3.05, 3.63) is 69.8 Å². The van der Waals surface area contributed by atoms with Crippen molar-refractivity contribution in [2.75, 3.05) is 6.54 Å². The van der Waals surface area contributed by atoms with Crippen LogP contribution in [0.5, 0.6) is 0 Å². The van der Waals surface area contributed by atoms with E-state index in [0.717, 1.165) is 17.2 Å². The van der Waals surface area contributed by atoms with Crippen LogP contribution in [-0.4, -0.2) is 24.2 Å². The van der Waals surface area contributed by atoms with E-state index >= 15 is 0 Å². The van der Waals surface area contributed by atoms with Crippen molar-refractivity contribution in [1.82, 2.24) is 4.31 Å². The van der Waals surface area contributed by atoms with E-state index in [2.05, 4.69) is 0 Å². The number of fused-ring (bicyclic) bond motifs is 1. The summed E-state index contributed by atoms with van der Waals surface area (Å²) in [5, 5.41) is 10.9. The third-order valence-electron chi connectivity index (χ3n) is 4.08. The first-order valence-electron chi connectivity index (χ1n) is 7.22. The Morgan fingerprint density at radius 2 is 1.91 bits per heavy atom. The van der Waals surface area contributed by atoms with E-state index in [-0.39, 0.29) is 23.0 Å². The zero-order chi connectivity index (χ0) is 16.6. The monoisotopic (exact) mass is 332 g/mol. The zero-order valence-electron chi connectivity index (χ0n) is 12.5. The Balaban J connectivity index is 1.98. The minimum Gasteiger partial charge on any atom is -0.258 e. The molecule has 0 amide bonds. The van der Waals surface area contributed by atoms with Crippen molar-refractivity contribution in [2.45, 2.75) is 24.3 Å². The number of hydrogen-bond acceptors (Lipinski definition) is 4. The van der Waals surface area contributed by atoms with E-state index in [1.165, 1.54) is 22.5 Å². The molecule has 0 N–H and O–H groups in total. The van der Waals surface area contributed by atoms with Gasteiger partial charge < -0.3 is 0 Å². The summed E-state index contributed by atoms with van der Waals surface area (Å²) in [5.41, 5.74) is 1.90. The van der Waals surface area contributed by atoms with Gasteiger partial charge >= 0.3 is 0 Å². The molecule has 2 aromatic carbocycles. The first kappa shape index (κ1) is 15.6. The fraction of sp³-hybridized carbons (Fsp3) is 0.250. The lowest BCUT2D eigenvalue weighted by Crippen LogP contribution is -2.37. The quantitative estimate of drug-likeness (QED) is 0.639. The Morgan fingerprint density at radius 1 is 1.17 bits per heavy atom. The second kappa shape index (κ2) is 5.75. The Kier molecular flexibility index (Phi) is 3.91. The van der Waals surface area contributed by atoms with E-state index in [0.29, 0.717) is 6.54 Å². The zero-order valence-corrected chi connectivity index (χ0v) is 13.4. The van der Waals surface area contributed by atoms with Gasteiger partial charge in [0.1, 0.15) is 0 Å². The molecule has 1 aliphatic rings. The van der Waals surface area contributed by atoms with Gasteiger partial charge in [-0.1, -0.05) is 37.3 Å². The average molecular weight is 332 g/mol. The smallest absolute Gasteiger partial charge is 0.258 e. The van der Waals surface area contributed by atoms with Crippen LogP contribution in [0.25, 0.3) is 0 Å². The van der Waals surface area contributed by atoms with Crippen LogP contribution in [0.2, 0.25) is 0 Å². The summed E-state index contributed by atoms with van der Waals surface area (Å²) >= 11 is 0. The van der Waals surface area contributed by atoms with Gasteiger partial charge in [-0.15, -0.1) is 0 Å². The molecule has 3 rings (SSSR count). The highest BCUT2D eigenvalue weighted by Gasteiger charge is 2.32. The van der Waals surface area contributed by atoms with E-state index in [9.17, 15) is 18.5 Å². The minimum atomic E-state index is -3.76. The van der Waals surface area contributed by atoms with E-state index in [1.807, 2.05) is 31.2 Å². The number of nitrogens with zero attached hydrogens (tertiary/aromatic N) is 2. The van der Waals surface area contributed by atoms with Crippen LogP contribution in [0.4, 0.5) is 5.69 Å². The molecule has 0 radical (unpaired) electrons. The number of nitro benzene ring substituents is 1. The maximum Gasteiger partial charge on any atom is 0.270 e. The second-order valence-electron chi connectivity index (χ2n) is 5.65. The summed E-state index contributed by atoms with van der Waals surface area (Å²) in [4.78, 5) is 10.2. The molecule has 2 aromatic rings. The van der Waals surface area contributed by atoms with Crippen molar-refractivity contribution in [1.29, 1.82) is 0 Å². The van der Waals surface area contributed by atoms with Gasteiger partial charge in [-0.05, 0) is 23.1 Å². The van der Waals surface area contributed by atoms with Gasteiger partial charge in [-0.3, -0.25) is 10.1 Å². The molecule has 0 saturated carbocycles. The summed E-state index contributed by atoms with van der Waals surface area (Å²) in [7, 11) is -3.76. The molecule has 1 unspecified atom stereocenters. The molecule has 0 bridgehead atoms. The van der Waals surface area contributed by atoms with Gasteiger partial charge in [-0.25, -0.2) is 8.42 Å². The lowest BCUT2D eigenvalue weighted by Gasteiger charge is -2.32. The van der Waals surface area contributed by atoms with Gasteiger partial charge in [0.2, 0.25) is 10.0 Å². The number of nitro groups is 1. The van der Waals surface area contributed by atoms with Crippen LogP contribution in [0.1, 0.15) is 24.0 Å². The first-order chi connectivity index (χ1) is 10.9. The fourth-order valence-electron chi connectivity index (χ4n) is 2.91. The molecule has 0 aromatic heterocycles. The average Bonchev–Trinajstić information content (AvgIpc) is 2.55. The molecule has 0 aliphatic carbocycles. The largest absolute Gasteiger partial charge is 0.270 e. The van der Waals surface area contributed by atoms with E-state index in [1.54, 1.807) is 0 Å². The summed E-state index contributed by atoms with van der Waals surface area (Å²) in [6.07, 6.45) is 0. The Hall–Kier alpha value is -2.25. The van der Waals surface area contributed by atoms with Crippen molar-refractivity contribution in [3.8, 4) is 0 Å². The lowest BCUT2D eigenvalue weighted by molar-refractivity contribution is -0.385. The fourth-order valence-corrected chi connectivity index (χ4v) is 4.45. The van der Waals surface area contributed by atoms with Crippen LogP contribution in [0.3, 0.4) is 0 Å². The van der Waals surface area contributed by atoms with E-state index in [4.69, 9.17) is 0 Å². The highest BCUT2D eigenvalue weighted by atomic mass is 32.2. The minimum absolute atomic E-state index is 0.0433. The van der Waals surface area contributed by atoms with Crippen LogP contribution < -0.4 is 0 Å². The molecular weight excluding hydrogens is 316 g/mol. The van der Waals surface area contributed by atoms with E-state index < -0.39 is 14.9 Å². The molecule has 6 nitrogen and oxygen atoms in total. The van der Waals surface area contributed by atoms with Crippen LogP contribution in [0, 0.1) is 10.1 Å². The standard InChI is InChI=1S/C16H16N2O4S/c1-12-10-17(11-13-5-2-3-8-16(12)13)23(21,22)15-7-4-6-14(9-15)18(19)20/h2-9,12H,10-11H2,1H3. The third-order valence-corrected chi connectivity index (χ3v) is 5.88. The Morgan fingerprint density at radius 3 is 2.65 bits per heavy atom. The molecule has 1 atom stereocenters. The topological polar surface area (TPSA) is 80.5 Å². The van der Waals surface area contributed by atoms with Gasteiger partial charge in [0.15, 0.2) is 0 Å². The number of hydrogen-bond donors (Lipinski definition) is 0. The summed E-state index contributed by atoms with van der Waals surface area (Å²) < 4.78 is 27.0. The number of non-ortho nitro benzene ring substituents is 1. The van der Waals surface area contributed by atoms with Gasteiger partial charge in [0, 0.05) is 25.2 Å². The highest BCUT2D eigenvalue weighted by Crippen LogP contribution is 2.32. The van der Waals surface area contributed by atoms with Crippen LogP contribution in [0.15, 0.2) is 53.4 Å². The van der Waals surface area contributed by atoms with Gasteiger partial charge in [0.05, 0.1) is 9.82 Å². The maximum atomic E-state index is 12.8. The lowest BCUT2D eigenvalue weighted by atomic mass is 9.92. The molecular formula is C16H16N2O4S. The van der Waals surface area contributed by atoms with Crippen molar-refractivity contribution >= 4 is 15.7 Å². The predicted molar refractivity (Wildman–Crippen MR) is 85.5 cm³/mol. The first-order valence-corrected chi connectivity index (χ1v) is 8.66. The molecule has 0 spiro atoms. The Bertz CT molecular complexity index is 864. The van der Waals surface area contributed by atoms with Gasteiger partial charge in [0.25, 0.3) is 5.69 Å². The number of benzene rings is 2. The summed E-state index contributed by atoms with van der Waals surface area (Å²) in [6, 6.07) is 12.9. The molecule has 0 saturated heterocycles. The van der Waals surface area contributed by atoms with Crippen molar-refractivity contribution in [2.24, 2.45) is 0 Å². The van der Waals surface area contributed by atoms with Gasteiger partial charge in [-0.2, -0.15) is 4.31 Å². The summed E-state index contributed by atoms with van der Waals surface area (Å²) in [6.45, 7) is 2.63. The molecule has 120 valence electrons. The molecule has 0 fully saturated rings. The number of rotatable bonds is 3. The Labute approximate surface area is 134 Å². The van der Waals surface area contributed by atoms with Crippen LogP contribution in [-0.2, 0) is 16.6 Å². The van der Waals surface area contributed by atoms with Crippen molar-refractivity contribution < 1.29 is 13.3 Å². The van der Waals surface area contributed by atoms with Crippen LogP contribution >= 0.6 is 0 Å². The third kappa shape index (κ3) is 2.85. The molecule has 7 heteroatoms.